The molecule has 1 aliphatic rings. The van der Waals surface area contributed by atoms with Crippen molar-refractivity contribution in [2.45, 2.75) is 45.5 Å². The Labute approximate surface area is 113 Å². The van der Waals surface area contributed by atoms with Crippen molar-refractivity contribution in [3.8, 4) is 0 Å². The number of carbonyl (C=O) groups excluding carboxylic acids is 1. The molecule has 1 aromatic rings. The molecule has 106 valence electrons. The molecular weight excluding hydrogens is 244 g/mol. The highest BCUT2D eigenvalue weighted by Gasteiger charge is 2.33. The van der Waals surface area contributed by atoms with E-state index in [-0.39, 0.29) is 18.1 Å². The van der Waals surface area contributed by atoms with E-state index in [4.69, 9.17) is 10.5 Å². The van der Waals surface area contributed by atoms with Crippen LogP contribution in [0.3, 0.4) is 0 Å². The highest BCUT2D eigenvalue weighted by molar-refractivity contribution is 5.80. The summed E-state index contributed by atoms with van der Waals surface area (Å²) in [5.74, 6) is -0.338. The van der Waals surface area contributed by atoms with Gasteiger partial charge in [-0.3, -0.25) is 14.4 Å². The summed E-state index contributed by atoms with van der Waals surface area (Å²) in [6, 6.07) is 1.94. The fourth-order valence-electron chi connectivity index (χ4n) is 2.43. The van der Waals surface area contributed by atoms with E-state index in [1.54, 1.807) is 0 Å². The normalized spacial score (nSPS) is 24.8. The molecule has 0 bridgehead atoms. The Hall–Kier alpha value is -1.40. The number of rotatable bonds is 4. The van der Waals surface area contributed by atoms with Gasteiger partial charge in [0, 0.05) is 25.3 Å². The van der Waals surface area contributed by atoms with Crippen LogP contribution in [0, 0.1) is 0 Å². The summed E-state index contributed by atoms with van der Waals surface area (Å²) in [6.45, 7) is 8.00. The van der Waals surface area contributed by atoms with Gasteiger partial charge in [0.25, 0.3) is 0 Å². The Morgan fingerprint density at radius 3 is 2.95 bits per heavy atom. The minimum absolute atomic E-state index is 0.168. The Balaban J connectivity index is 2.09. The number of aromatic nitrogens is 2. The molecule has 1 saturated heterocycles. The number of nitrogens with zero attached hydrogens (tertiary/aromatic N) is 3. The van der Waals surface area contributed by atoms with Gasteiger partial charge in [0.05, 0.1) is 18.4 Å². The van der Waals surface area contributed by atoms with Gasteiger partial charge in [0.1, 0.15) is 6.04 Å². The standard InChI is InChI=1S/C13H22N4O2/c1-9(2)17-5-4-11(15-17)8-16-6-7-19-10(3)12(16)13(14)18/h4-5,9-10,12H,6-8H2,1-3H3,(H2,14,18)/t10-,12+/m1/s1. The Morgan fingerprint density at radius 2 is 2.37 bits per heavy atom. The second-order valence-electron chi connectivity index (χ2n) is 5.27. The molecule has 1 amide bonds. The molecule has 2 atom stereocenters. The zero-order valence-electron chi connectivity index (χ0n) is 11.7. The van der Waals surface area contributed by atoms with Crippen molar-refractivity contribution in [3.05, 3.63) is 18.0 Å². The number of carbonyl (C=O) groups is 1. The number of ether oxygens (including phenoxy) is 1. The third-order valence-electron chi connectivity index (χ3n) is 3.45. The van der Waals surface area contributed by atoms with Gasteiger partial charge in [0.2, 0.25) is 5.91 Å². The van der Waals surface area contributed by atoms with Crippen LogP contribution in [0.1, 0.15) is 32.5 Å². The molecule has 2 N–H and O–H groups in total. The van der Waals surface area contributed by atoms with Crippen molar-refractivity contribution in [3.63, 3.8) is 0 Å². The molecule has 6 heteroatoms. The van der Waals surface area contributed by atoms with Gasteiger partial charge in [-0.15, -0.1) is 0 Å². The maximum Gasteiger partial charge on any atom is 0.237 e. The first-order valence-corrected chi connectivity index (χ1v) is 6.68. The van der Waals surface area contributed by atoms with Gasteiger partial charge in [-0.2, -0.15) is 5.10 Å². The maximum absolute atomic E-state index is 11.6. The first-order valence-electron chi connectivity index (χ1n) is 6.68. The first-order chi connectivity index (χ1) is 8.99. The number of nitrogens with two attached hydrogens (primary N) is 1. The molecule has 0 aromatic carbocycles. The number of primary amides is 1. The third-order valence-corrected chi connectivity index (χ3v) is 3.45. The molecule has 2 heterocycles. The second-order valence-corrected chi connectivity index (χ2v) is 5.27. The molecule has 0 aliphatic carbocycles. The SMILES string of the molecule is CC(C)n1ccc(CN2CCO[C@H](C)[C@H]2C(N)=O)n1. The average Bonchev–Trinajstić information content (AvgIpc) is 2.77. The van der Waals surface area contributed by atoms with Crippen LogP contribution in [-0.2, 0) is 16.1 Å². The molecule has 0 saturated carbocycles. The number of hydrogen-bond acceptors (Lipinski definition) is 4. The van der Waals surface area contributed by atoms with Crippen molar-refractivity contribution in [2.75, 3.05) is 13.2 Å². The monoisotopic (exact) mass is 266 g/mol. The van der Waals surface area contributed by atoms with Crippen LogP contribution >= 0.6 is 0 Å². The molecule has 0 spiro atoms. The molecule has 2 rings (SSSR count). The fraction of sp³-hybridized carbons (Fsp3) is 0.692. The summed E-state index contributed by atoms with van der Waals surface area (Å²) < 4.78 is 7.41. The van der Waals surface area contributed by atoms with Crippen molar-refractivity contribution < 1.29 is 9.53 Å². The largest absolute Gasteiger partial charge is 0.375 e. The van der Waals surface area contributed by atoms with Crippen LogP contribution in [-0.4, -0.2) is 45.9 Å². The fourth-order valence-corrected chi connectivity index (χ4v) is 2.43. The van der Waals surface area contributed by atoms with Crippen LogP contribution in [0.5, 0.6) is 0 Å². The first kappa shape index (κ1) is 14.0. The van der Waals surface area contributed by atoms with Crippen LogP contribution < -0.4 is 5.73 Å². The highest BCUT2D eigenvalue weighted by Crippen LogP contribution is 2.17. The zero-order valence-corrected chi connectivity index (χ0v) is 11.7. The van der Waals surface area contributed by atoms with Gasteiger partial charge in [-0.05, 0) is 26.8 Å². The second kappa shape index (κ2) is 5.71. The molecule has 0 radical (unpaired) electrons. The van der Waals surface area contributed by atoms with Gasteiger partial charge in [-0.25, -0.2) is 0 Å². The molecular formula is C13H22N4O2. The summed E-state index contributed by atoms with van der Waals surface area (Å²) >= 11 is 0. The van der Waals surface area contributed by atoms with E-state index in [1.165, 1.54) is 0 Å². The van der Waals surface area contributed by atoms with Crippen molar-refractivity contribution in [2.24, 2.45) is 5.73 Å². The summed E-state index contributed by atoms with van der Waals surface area (Å²) in [7, 11) is 0. The van der Waals surface area contributed by atoms with Gasteiger partial charge in [-0.1, -0.05) is 0 Å². The Kier molecular flexibility index (Phi) is 4.21. The lowest BCUT2D eigenvalue weighted by atomic mass is 10.1. The van der Waals surface area contributed by atoms with Gasteiger partial charge < -0.3 is 10.5 Å². The minimum atomic E-state index is -0.377. The van der Waals surface area contributed by atoms with Gasteiger partial charge in [0.15, 0.2) is 0 Å². The maximum atomic E-state index is 11.6. The smallest absolute Gasteiger partial charge is 0.237 e. The van der Waals surface area contributed by atoms with Gasteiger partial charge >= 0.3 is 0 Å². The number of amides is 1. The molecule has 6 nitrogen and oxygen atoms in total. The third kappa shape index (κ3) is 3.13. The summed E-state index contributed by atoms with van der Waals surface area (Å²) in [5, 5.41) is 4.50. The number of morpholine rings is 1. The van der Waals surface area contributed by atoms with Crippen LogP contribution in [0.4, 0.5) is 0 Å². The quantitative estimate of drug-likeness (QED) is 0.863. The topological polar surface area (TPSA) is 73.4 Å². The van der Waals surface area contributed by atoms with E-state index < -0.39 is 0 Å². The zero-order chi connectivity index (χ0) is 14.0. The predicted molar refractivity (Wildman–Crippen MR) is 71.4 cm³/mol. The molecule has 1 aliphatic heterocycles. The van der Waals surface area contributed by atoms with E-state index in [0.717, 1.165) is 5.69 Å². The summed E-state index contributed by atoms with van der Waals surface area (Å²) in [6.07, 6.45) is 1.79. The molecule has 0 unspecified atom stereocenters. The van der Waals surface area contributed by atoms with Crippen LogP contribution in [0.2, 0.25) is 0 Å². The molecule has 19 heavy (non-hydrogen) atoms. The lowest BCUT2D eigenvalue weighted by molar-refractivity contribution is -0.136. The van der Waals surface area contributed by atoms with E-state index >= 15 is 0 Å². The van der Waals surface area contributed by atoms with E-state index in [1.807, 2.05) is 28.8 Å². The van der Waals surface area contributed by atoms with Crippen molar-refractivity contribution in [1.82, 2.24) is 14.7 Å². The Bertz CT molecular complexity index is 444. The highest BCUT2D eigenvalue weighted by atomic mass is 16.5. The van der Waals surface area contributed by atoms with Crippen molar-refractivity contribution in [1.29, 1.82) is 0 Å². The summed E-state index contributed by atoms with van der Waals surface area (Å²) in [4.78, 5) is 13.6. The lowest BCUT2D eigenvalue weighted by Gasteiger charge is -2.37. The lowest BCUT2D eigenvalue weighted by Crippen LogP contribution is -2.56. The Morgan fingerprint density at radius 1 is 1.63 bits per heavy atom. The minimum Gasteiger partial charge on any atom is -0.375 e. The van der Waals surface area contributed by atoms with E-state index in [2.05, 4.69) is 18.9 Å². The predicted octanol–water partition coefficient (Wildman–Crippen LogP) is 0.539. The average molecular weight is 266 g/mol. The van der Waals surface area contributed by atoms with E-state index in [0.29, 0.717) is 25.7 Å². The molecule has 1 fully saturated rings. The van der Waals surface area contributed by atoms with Crippen LogP contribution in [0.15, 0.2) is 12.3 Å². The van der Waals surface area contributed by atoms with Crippen LogP contribution in [0.25, 0.3) is 0 Å². The molecule has 1 aromatic heterocycles. The van der Waals surface area contributed by atoms with E-state index in [9.17, 15) is 4.79 Å². The van der Waals surface area contributed by atoms with Crippen molar-refractivity contribution >= 4 is 5.91 Å². The summed E-state index contributed by atoms with van der Waals surface area (Å²) in [5.41, 5.74) is 6.42. The number of hydrogen-bond donors (Lipinski definition) is 1.